The first-order chi connectivity index (χ1) is 9.02. The molecule has 0 saturated heterocycles. The van der Waals surface area contributed by atoms with Crippen LogP contribution in [0.4, 0.5) is 4.39 Å². The summed E-state index contributed by atoms with van der Waals surface area (Å²) in [6.07, 6.45) is 0. The van der Waals surface area contributed by atoms with Crippen LogP contribution in [-0.4, -0.2) is 28.0 Å². The molecule has 0 aliphatic rings. The van der Waals surface area contributed by atoms with Gasteiger partial charge in [-0.1, -0.05) is 0 Å². The third-order valence-corrected chi connectivity index (χ3v) is 2.36. The average molecular weight is 264 g/mol. The zero-order valence-corrected chi connectivity index (χ0v) is 9.83. The molecule has 0 saturated carbocycles. The predicted molar refractivity (Wildman–Crippen MR) is 62.8 cm³/mol. The minimum atomic E-state index is -0.881. The van der Waals surface area contributed by atoms with Crippen LogP contribution >= 0.6 is 0 Å². The van der Waals surface area contributed by atoms with E-state index in [0.717, 1.165) is 30.0 Å². The summed E-state index contributed by atoms with van der Waals surface area (Å²) in [6, 6.07) is 5.77. The normalized spacial score (nSPS) is 10.2. The highest BCUT2D eigenvalue weighted by molar-refractivity contribution is 5.89. The van der Waals surface area contributed by atoms with Gasteiger partial charge < -0.3 is 9.84 Å². The molecule has 6 nitrogen and oxygen atoms in total. The van der Waals surface area contributed by atoms with Crippen molar-refractivity contribution in [2.45, 2.75) is 0 Å². The Morgan fingerprint density at radius 1 is 1.37 bits per heavy atom. The van der Waals surface area contributed by atoms with Gasteiger partial charge in [0.05, 0.1) is 12.8 Å². The van der Waals surface area contributed by atoms with Crippen LogP contribution in [0.2, 0.25) is 0 Å². The molecule has 0 atom stereocenters. The predicted octanol–water partition coefficient (Wildman–Crippen LogP) is 0.864. The maximum atomic E-state index is 12.8. The number of aromatic nitrogens is 2. The van der Waals surface area contributed by atoms with Gasteiger partial charge in [-0.25, -0.2) is 9.18 Å². The highest BCUT2D eigenvalue weighted by Crippen LogP contribution is 2.13. The maximum absolute atomic E-state index is 12.8. The van der Waals surface area contributed by atoms with Crippen LogP contribution in [0.15, 0.2) is 35.1 Å². The number of carbonyl (C=O) groups excluding carboxylic acids is 1. The molecule has 2 aromatic rings. The summed E-state index contributed by atoms with van der Waals surface area (Å²) in [6.45, 7) is 0. The number of methoxy groups -OCH3 is 1. The van der Waals surface area contributed by atoms with E-state index in [-0.39, 0.29) is 5.69 Å². The standard InChI is InChI=1S/C12H9FN2O4/c1-19-12(18)11-9(16)6-10(17)15(14-11)8-4-2-7(13)3-5-8/h2-6,16H,1H3. The minimum Gasteiger partial charge on any atom is -0.505 e. The fraction of sp³-hybridized carbons (Fsp3) is 0.0833. The summed E-state index contributed by atoms with van der Waals surface area (Å²) in [5, 5.41) is 13.2. The van der Waals surface area contributed by atoms with Gasteiger partial charge in [0.15, 0.2) is 5.75 Å². The van der Waals surface area contributed by atoms with E-state index < -0.39 is 28.8 Å². The SMILES string of the molecule is COC(=O)c1nn(-c2ccc(F)cc2)c(=O)cc1O. The Kier molecular flexibility index (Phi) is 3.28. The number of carbonyl (C=O) groups is 1. The van der Waals surface area contributed by atoms with Gasteiger partial charge in [-0.2, -0.15) is 9.78 Å². The van der Waals surface area contributed by atoms with Crippen molar-refractivity contribution >= 4 is 5.97 Å². The zero-order valence-electron chi connectivity index (χ0n) is 9.83. The summed E-state index contributed by atoms with van der Waals surface area (Å²) >= 11 is 0. The van der Waals surface area contributed by atoms with Crippen LogP contribution < -0.4 is 5.56 Å². The van der Waals surface area contributed by atoms with Gasteiger partial charge in [-0.05, 0) is 24.3 Å². The molecule has 0 aliphatic heterocycles. The van der Waals surface area contributed by atoms with E-state index in [0.29, 0.717) is 0 Å². The van der Waals surface area contributed by atoms with E-state index in [1.807, 2.05) is 0 Å². The van der Waals surface area contributed by atoms with Crippen molar-refractivity contribution in [3.63, 3.8) is 0 Å². The van der Waals surface area contributed by atoms with E-state index in [9.17, 15) is 19.1 Å². The highest BCUT2D eigenvalue weighted by atomic mass is 19.1. The number of ether oxygens (including phenoxy) is 1. The first-order valence-electron chi connectivity index (χ1n) is 5.20. The Labute approximate surface area is 106 Å². The van der Waals surface area contributed by atoms with Crippen LogP contribution in [0.1, 0.15) is 10.5 Å². The van der Waals surface area contributed by atoms with E-state index in [2.05, 4.69) is 9.84 Å². The molecule has 1 aromatic carbocycles. The number of nitrogens with zero attached hydrogens (tertiary/aromatic N) is 2. The number of rotatable bonds is 2. The van der Waals surface area contributed by atoms with E-state index in [4.69, 9.17) is 0 Å². The van der Waals surface area contributed by atoms with Gasteiger partial charge in [-0.15, -0.1) is 0 Å². The van der Waals surface area contributed by atoms with Crippen molar-refractivity contribution in [3.8, 4) is 11.4 Å². The third kappa shape index (κ3) is 2.44. The van der Waals surface area contributed by atoms with Gasteiger partial charge in [0.25, 0.3) is 5.56 Å². The van der Waals surface area contributed by atoms with Crippen LogP contribution in [-0.2, 0) is 4.74 Å². The van der Waals surface area contributed by atoms with Crippen molar-refractivity contribution in [3.05, 3.63) is 52.2 Å². The van der Waals surface area contributed by atoms with E-state index >= 15 is 0 Å². The minimum absolute atomic E-state index is 0.261. The van der Waals surface area contributed by atoms with Crippen molar-refractivity contribution in [1.29, 1.82) is 0 Å². The van der Waals surface area contributed by atoms with Crippen LogP contribution in [0.5, 0.6) is 5.75 Å². The Bertz CT molecular complexity index is 679. The van der Waals surface area contributed by atoms with Crippen LogP contribution in [0.25, 0.3) is 5.69 Å². The fourth-order valence-electron chi connectivity index (χ4n) is 1.46. The zero-order chi connectivity index (χ0) is 14.0. The topological polar surface area (TPSA) is 81.4 Å². The van der Waals surface area contributed by atoms with Crippen molar-refractivity contribution in [2.24, 2.45) is 0 Å². The Hall–Kier alpha value is -2.70. The van der Waals surface area contributed by atoms with Gasteiger partial charge in [0.1, 0.15) is 5.82 Å². The van der Waals surface area contributed by atoms with Gasteiger partial charge >= 0.3 is 5.97 Å². The molecular weight excluding hydrogens is 255 g/mol. The molecule has 0 bridgehead atoms. The molecule has 1 N–H and O–H groups in total. The molecule has 7 heteroatoms. The van der Waals surface area contributed by atoms with E-state index in [1.54, 1.807) is 0 Å². The summed E-state index contributed by atoms with van der Waals surface area (Å²) in [4.78, 5) is 23.0. The first kappa shape index (κ1) is 12.7. The summed E-state index contributed by atoms with van der Waals surface area (Å²) < 4.78 is 18.1. The van der Waals surface area contributed by atoms with E-state index in [1.165, 1.54) is 12.1 Å². The fourth-order valence-corrected chi connectivity index (χ4v) is 1.46. The Balaban J connectivity index is 2.60. The quantitative estimate of drug-likeness (QED) is 0.814. The summed E-state index contributed by atoms with van der Waals surface area (Å²) in [5.41, 5.74) is -0.792. The second-order valence-corrected chi connectivity index (χ2v) is 3.60. The molecule has 0 unspecified atom stereocenters. The smallest absolute Gasteiger partial charge is 0.362 e. The highest BCUT2D eigenvalue weighted by Gasteiger charge is 2.17. The second-order valence-electron chi connectivity index (χ2n) is 3.60. The molecule has 1 heterocycles. The lowest BCUT2D eigenvalue weighted by Gasteiger charge is -2.07. The number of hydrogen-bond donors (Lipinski definition) is 1. The van der Waals surface area contributed by atoms with Gasteiger partial charge in [-0.3, -0.25) is 4.79 Å². The number of halogens is 1. The molecule has 0 amide bonds. The largest absolute Gasteiger partial charge is 0.505 e. The van der Waals surface area contributed by atoms with Crippen LogP contribution in [0, 0.1) is 5.82 Å². The Morgan fingerprint density at radius 3 is 2.58 bits per heavy atom. The lowest BCUT2D eigenvalue weighted by atomic mass is 10.3. The lowest BCUT2D eigenvalue weighted by Crippen LogP contribution is -2.23. The summed E-state index contributed by atoms with van der Waals surface area (Å²) in [5.74, 6) is -1.92. The monoisotopic (exact) mass is 264 g/mol. The molecule has 1 aromatic heterocycles. The molecule has 98 valence electrons. The number of hydrogen-bond acceptors (Lipinski definition) is 5. The average Bonchev–Trinajstić information content (AvgIpc) is 2.39. The molecule has 0 radical (unpaired) electrons. The van der Waals surface area contributed by atoms with Gasteiger partial charge in [0, 0.05) is 6.07 Å². The number of aromatic hydroxyl groups is 1. The summed E-state index contributed by atoms with van der Waals surface area (Å²) in [7, 11) is 1.12. The maximum Gasteiger partial charge on any atom is 0.362 e. The van der Waals surface area contributed by atoms with Crippen molar-refractivity contribution in [2.75, 3.05) is 7.11 Å². The molecular formula is C12H9FN2O4. The molecule has 0 spiro atoms. The molecule has 0 aliphatic carbocycles. The Morgan fingerprint density at radius 2 is 2.00 bits per heavy atom. The van der Waals surface area contributed by atoms with Crippen molar-refractivity contribution < 1.29 is 19.0 Å². The molecule has 19 heavy (non-hydrogen) atoms. The first-order valence-corrected chi connectivity index (χ1v) is 5.20. The molecule has 2 rings (SSSR count). The number of esters is 1. The lowest BCUT2D eigenvalue weighted by molar-refractivity contribution is 0.0588. The van der Waals surface area contributed by atoms with Gasteiger partial charge in [0.2, 0.25) is 5.69 Å². The molecule has 0 fully saturated rings. The second kappa shape index (κ2) is 4.89. The number of benzene rings is 1. The van der Waals surface area contributed by atoms with Crippen molar-refractivity contribution in [1.82, 2.24) is 9.78 Å². The van der Waals surface area contributed by atoms with Crippen LogP contribution in [0.3, 0.4) is 0 Å². The third-order valence-electron chi connectivity index (χ3n) is 2.36.